The molecule has 0 amide bonds. The largest absolute Gasteiger partial charge is 0.383 e. The van der Waals surface area contributed by atoms with Crippen LogP contribution in [-0.2, 0) is 12.6 Å². The third kappa shape index (κ3) is 3.27. The van der Waals surface area contributed by atoms with Crippen LogP contribution in [0, 0.1) is 0 Å². The molecule has 3 heterocycles. The number of likely N-dealkylation sites (N-methyl/N-ethyl adjacent to an activating group) is 1. The maximum atomic E-state index is 11.5. The van der Waals surface area contributed by atoms with Crippen LogP contribution in [0.3, 0.4) is 0 Å². The fraction of sp³-hybridized carbons (Fsp3) is 0.381. The van der Waals surface area contributed by atoms with E-state index in [0.29, 0.717) is 19.5 Å². The number of hydrogen-bond acceptors (Lipinski definition) is 6. The summed E-state index contributed by atoms with van der Waals surface area (Å²) < 4.78 is 1.92. The third-order valence-corrected chi connectivity index (χ3v) is 5.63. The van der Waals surface area contributed by atoms with Crippen molar-refractivity contribution in [2.75, 3.05) is 32.1 Å². The van der Waals surface area contributed by atoms with Crippen LogP contribution in [0.25, 0.3) is 11.5 Å². The van der Waals surface area contributed by atoms with Gasteiger partial charge >= 0.3 is 0 Å². The van der Waals surface area contributed by atoms with E-state index < -0.39 is 5.60 Å². The number of aliphatic hydroxyl groups is 1. The summed E-state index contributed by atoms with van der Waals surface area (Å²) in [7, 11) is 5.96. The lowest BCUT2D eigenvalue weighted by Crippen LogP contribution is -2.59. The number of benzene rings is 1. The van der Waals surface area contributed by atoms with Gasteiger partial charge in [0.1, 0.15) is 11.3 Å². The van der Waals surface area contributed by atoms with Crippen molar-refractivity contribution < 1.29 is 5.11 Å². The van der Waals surface area contributed by atoms with Crippen molar-refractivity contribution >= 4 is 5.82 Å². The Hall–Kier alpha value is -2.77. The lowest BCUT2D eigenvalue weighted by atomic mass is 9.80. The number of piperidine rings is 1. The Kier molecular flexibility index (Phi) is 4.87. The van der Waals surface area contributed by atoms with Crippen molar-refractivity contribution in [1.29, 1.82) is 0 Å². The van der Waals surface area contributed by atoms with E-state index in [0.717, 1.165) is 22.9 Å². The molecule has 0 spiro atoms. The van der Waals surface area contributed by atoms with Gasteiger partial charge in [0.15, 0.2) is 11.6 Å². The molecule has 28 heavy (non-hydrogen) atoms. The Bertz CT molecular complexity index is 924. The first-order valence-corrected chi connectivity index (χ1v) is 9.50. The number of rotatable bonds is 4. The first-order chi connectivity index (χ1) is 13.5. The Morgan fingerprint density at radius 3 is 2.50 bits per heavy atom. The van der Waals surface area contributed by atoms with Gasteiger partial charge < -0.3 is 19.5 Å². The molecule has 146 valence electrons. The van der Waals surface area contributed by atoms with Crippen LogP contribution in [0.5, 0.6) is 0 Å². The lowest BCUT2D eigenvalue weighted by molar-refractivity contribution is -0.0527. The topological polar surface area (TPSA) is 70.3 Å². The van der Waals surface area contributed by atoms with E-state index in [-0.39, 0.29) is 6.04 Å². The zero-order valence-corrected chi connectivity index (χ0v) is 16.5. The van der Waals surface area contributed by atoms with Gasteiger partial charge in [-0.25, -0.2) is 4.98 Å². The van der Waals surface area contributed by atoms with E-state index in [4.69, 9.17) is 0 Å². The van der Waals surface area contributed by atoms with Gasteiger partial charge in [-0.05, 0) is 38.2 Å². The van der Waals surface area contributed by atoms with E-state index in [1.165, 1.54) is 0 Å². The van der Waals surface area contributed by atoms with Crippen LogP contribution in [0.1, 0.15) is 12.0 Å². The highest BCUT2D eigenvalue weighted by molar-refractivity contribution is 5.52. The molecule has 1 N–H and O–H groups in total. The number of aryl methyl sites for hydroxylation is 1. The van der Waals surface area contributed by atoms with Gasteiger partial charge in [0.05, 0.1) is 6.04 Å². The molecule has 2 atom stereocenters. The number of imidazole rings is 1. The van der Waals surface area contributed by atoms with Crippen LogP contribution in [-0.4, -0.2) is 63.0 Å². The zero-order valence-electron chi connectivity index (χ0n) is 16.5. The predicted octanol–water partition coefficient (Wildman–Crippen LogP) is 1.91. The Morgan fingerprint density at radius 1 is 1.11 bits per heavy atom. The van der Waals surface area contributed by atoms with Crippen molar-refractivity contribution in [3.8, 4) is 11.5 Å². The number of aromatic nitrogens is 4. The minimum absolute atomic E-state index is 0.0559. The predicted molar refractivity (Wildman–Crippen MR) is 109 cm³/mol. The summed E-state index contributed by atoms with van der Waals surface area (Å²) in [5.41, 5.74) is 0.824. The maximum absolute atomic E-state index is 11.5. The monoisotopic (exact) mass is 378 g/mol. The van der Waals surface area contributed by atoms with E-state index in [1.807, 2.05) is 74.4 Å². The summed E-state index contributed by atoms with van der Waals surface area (Å²) >= 11 is 0. The van der Waals surface area contributed by atoms with Crippen molar-refractivity contribution in [2.24, 2.45) is 7.05 Å². The molecular weight excluding hydrogens is 352 g/mol. The summed E-state index contributed by atoms with van der Waals surface area (Å²) in [5, 5.41) is 20.3. The van der Waals surface area contributed by atoms with Crippen LogP contribution in [0.15, 0.2) is 54.9 Å². The average Bonchev–Trinajstić information content (AvgIpc) is 3.15. The maximum Gasteiger partial charge on any atom is 0.160 e. The van der Waals surface area contributed by atoms with Gasteiger partial charge in [0.25, 0.3) is 0 Å². The molecule has 1 fully saturated rings. The Labute approximate surface area is 165 Å². The lowest BCUT2D eigenvalue weighted by Gasteiger charge is -2.47. The molecule has 0 bridgehead atoms. The molecule has 1 saturated heterocycles. The molecule has 1 aromatic carbocycles. The van der Waals surface area contributed by atoms with Crippen molar-refractivity contribution in [2.45, 2.75) is 18.1 Å². The van der Waals surface area contributed by atoms with Gasteiger partial charge in [-0.15, -0.1) is 10.2 Å². The second kappa shape index (κ2) is 7.33. The highest BCUT2D eigenvalue weighted by Gasteiger charge is 2.44. The molecule has 0 radical (unpaired) electrons. The first-order valence-electron chi connectivity index (χ1n) is 9.50. The minimum Gasteiger partial charge on any atom is -0.383 e. The Balaban J connectivity index is 1.57. The van der Waals surface area contributed by atoms with Gasteiger partial charge in [-0.3, -0.25) is 0 Å². The van der Waals surface area contributed by atoms with E-state index >= 15 is 0 Å². The number of nitrogens with zero attached hydrogens (tertiary/aromatic N) is 6. The first kappa shape index (κ1) is 18.6. The minimum atomic E-state index is -0.887. The zero-order chi connectivity index (χ0) is 19.7. The summed E-state index contributed by atoms with van der Waals surface area (Å²) in [6, 6.07) is 13.8. The van der Waals surface area contributed by atoms with Gasteiger partial charge in [0.2, 0.25) is 0 Å². The fourth-order valence-corrected chi connectivity index (χ4v) is 4.01. The average molecular weight is 378 g/mol. The summed E-state index contributed by atoms with van der Waals surface area (Å²) in [5.74, 6) is 1.61. The highest BCUT2D eigenvalue weighted by atomic mass is 16.3. The van der Waals surface area contributed by atoms with Gasteiger partial charge in [-0.1, -0.05) is 30.3 Å². The summed E-state index contributed by atoms with van der Waals surface area (Å²) in [6.07, 6.45) is 4.27. The molecule has 3 aromatic rings. The number of anilines is 1. The van der Waals surface area contributed by atoms with Crippen LogP contribution in [0.4, 0.5) is 5.82 Å². The smallest absolute Gasteiger partial charge is 0.160 e. The molecule has 1 aliphatic rings. The molecule has 4 rings (SSSR count). The van der Waals surface area contributed by atoms with Gasteiger partial charge in [0, 0.05) is 32.5 Å². The van der Waals surface area contributed by atoms with E-state index in [2.05, 4.69) is 25.0 Å². The standard InChI is InChI=1S/C21H26N6O/c1-25(2)18-15-27(13-11-21(18,28)16-7-5-4-6-8-16)19-10-9-17(23-24-19)20-22-12-14-26(20)3/h4-10,12,14,18,28H,11,13,15H2,1-3H3/t18-,21+/m1/s1. The molecule has 1 aliphatic heterocycles. The molecule has 7 nitrogen and oxygen atoms in total. The van der Waals surface area contributed by atoms with Crippen LogP contribution >= 0.6 is 0 Å². The van der Waals surface area contributed by atoms with Crippen LogP contribution in [0.2, 0.25) is 0 Å². The van der Waals surface area contributed by atoms with Crippen molar-refractivity contribution in [3.63, 3.8) is 0 Å². The molecule has 0 saturated carbocycles. The van der Waals surface area contributed by atoms with Crippen molar-refractivity contribution in [3.05, 3.63) is 60.4 Å². The molecule has 2 aromatic heterocycles. The normalized spacial score (nSPS) is 22.6. The molecule has 0 aliphatic carbocycles. The second-order valence-corrected chi connectivity index (χ2v) is 7.60. The van der Waals surface area contributed by atoms with E-state index in [9.17, 15) is 5.11 Å². The molecular formula is C21H26N6O. The summed E-state index contributed by atoms with van der Waals surface area (Å²) in [4.78, 5) is 8.61. The second-order valence-electron chi connectivity index (χ2n) is 7.60. The number of hydrogen-bond donors (Lipinski definition) is 1. The molecule has 7 heteroatoms. The summed E-state index contributed by atoms with van der Waals surface area (Å²) in [6.45, 7) is 1.39. The molecule has 0 unspecified atom stereocenters. The highest BCUT2D eigenvalue weighted by Crippen LogP contribution is 2.36. The SMILES string of the molecule is CN(C)[C@@H]1CN(c2ccc(-c3nccn3C)nn2)CC[C@]1(O)c1ccccc1. The van der Waals surface area contributed by atoms with Crippen LogP contribution < -0.4 is 4.90 Å². The Morgan fingerprint density at radius 2 is 1.89 bits per heavy atom. The quantitative estimate of drug-likeness (QED) is 0.748. The van der Waals surface area contributed by atoms with Gasteiger partial charge in [-0.2, -0.15) is 0 Å². The fourth-order valence-electron chi connectivity index (χ4n) is 4.01. The van der Waals surface area contributed by atoms with E-state index in [1.54, 1.807) is 6.20 Å². The van der Waals surface area contributed by atoms with Crippen molar-refractivity contribution in [1.82, 2.24) is 24.6 Å². The third-order valence-electron chi connectivity index (χ3n) is 5.63.